The standard InChI is InChI=1S/C18H19F3N2O3S/c1-2-22-27(25,26)16-10-3-13(4-11-16)5-12-17(24)23-15-8-6-14(7-9-15)18(19,20)21/h3-4,6-11,22H,2,5,12H2,1H3,(H,23,24). The van der Waals surface area contributed by atoms with E-state index in [9.17, 15) is 26.4 Å². The summed E-state index contributed by atoms with van der Waals surface area (Å²) in [6, 6.07) is 10.4. The Balaban J connectivity index is 1.90. The largest absolute Gasteiger partial charge is 0.416 e. The summed E-state index contributed by atoms with van der Waals surface area (Å²) in [5.41, 5.74) is 0.265. The first-order valence-corrected chi connectivity index (χ1v) is 9.66. The fraction of sp³-hybridized carbons (Fsp3) is 0.278. The second kappa shape index (κ2) is 8.53. The Kier molecular flexibility index (Phi) is 6.61. The number of alkyl halides is 3. The number of carbonyl (C=O) groups is 1. The molecule has 0 aliphatic carbocycles. The molecule has 1 amide bonds. The SMILES string of the molecule is CCNS(=O)(=O)c1ccc(CCC(=O)Nc2ccc(C(F)(F)F)cc2)cc1. The first-order valence-electron chi connectivity index (χ1n) is 8.17. The number of rotatable bonds is 7. The molecular weight excluding hydrogens is 381 g/mol. The number of amides is 1. The maximum atomic E-state index is 12.5. The van der Waals surface area contributed by atoms with Crippen molar-refractivity contribution < 1.29 is 26.4 Å². The highest BCUT2D eigenvalue weighted by Gasteiger charge is 2.29. The van der Waals surface area contributed by atoms with Crippen LogP contribution in [0.4, 0.5) is 18.9 Å². The molecule has 0 unspecified atom stereocenters. The minimum absolute atomic E-state index is 0.111. The summed E-state index contributed by atoms with van der Waals surface area (Å²) in [7, 11) is -3.52. The summed E-state index contributed by atoms with van der Waals surface area (Å²) in [5.74, 6) is -0.348. The number of hydrogen-bond donors (Lipinski definition) is 2. The number of halogens is 3. The summed E-state index contributed by atoms with van der Waals surface area (Å²) in [5, 5.41) is 2.53. The van der Waals surface area contributed by atoms with Crippen molar-refractivity contribution in [2.45, 2.75) is 30.8 Å². The molecule has 0 saturated carbocycles. The predicted molar refractivity (Wildman–Crippen MR) is 95.7 cm³/mol. The zero-order valence-electron chi connectivity index (χ0n) is 14.5. The van der Waals surface area contributed by atoms with Crippen molar-refractivity contribution in [1.29, 1.82) is 0 Å². The number of carbonyl (C=O) groups excluding carboxylic acids is 1. The van der Waals surface area contributed by atoms with Gasteiger partial charge in [-0.05, 0) is 48.4 Å². The molecule has 0 heterocycles. The Morgan fingerprint density at radius 1 is 1.00 bits per heavy atom. The highest BCUT2D eigenvalue weighted by molar-refractivity contribution is 7.89. The van der Waals surface area contributed by atoms with Crippen LogP contribution < -0.4 is 10.0 Å². The maximum Gasteiger partial charge on any atom is 0.416 e. The van der Waals surface area contributed by atoms with E-state index in [1.165, 1.54) is 24.3 Å². The van der Waals surface area contributed by atoms with Crippen LogP contribution in [0.3, 0.4) is 0 Å². The fourth-order valence-electron chi connectivity index (χ4n) is 2.33. The molecule has 2 aromatic carbocycles. The molecule has 0 aromatic heterocycles. The lowest BCUT2D eigenvalue weighted by atomic mass is 10.1. The molecule has 0 fully saturated rings. The normalized spacial score (nSPS) is 12.0. The molecule has 146 valence electrons. The van der Waals surface area contributed by atoms with Gasteiger partial charge in [0.25, 0.3) is 0 Å². The minimum Gasteiger partial charge on any atom is -0.326 e. The molecule has 0 atom stereocenters. The van der Waals surface area contributed by atoms with Gasteiger partial charge in [0.2, 0.25) is 15.9 Å². The van der Waals surface area contributed by atoms with E-state index in [0.29, 0.717) is 6.42 Å². The van der Waals surface area contributed by atoms with Crippen molar-refractivity contribution in [3.63, 3.8) is 0 Å². The van der Waals surface area contributed by atoms with Gasteiger partial charge in [-0.15, -0.1) is 0 Å². The molecule has 0 spiro atoms. The summed E-state index contributed by atoms with van der Waals surface area (Å²) in [6.07, 6.45) is -3.94. The van der Waals surface area contributed by atoms with Crippen molar-refractivity contribution in [1.82, 2.24) is 4.72 Å². The molecule has 27 heavy (non-hydrogen) atoms. The third kappa shape index (κ3) is 6.07. The third-order valence-corrected chi connectivity index (χ3v) is 5.27. The van der Waals surface area contributed by atoms with Gasteiger partial charge in [-0.1, -0.05) is 19.1 Å². The van der Waals surface area contributed by atoms with E-state index in [1.54, 1.807) is 19.1 Å². The van der Waals surface area contributed by atoms with Crippen LogP contribution >= 0.6 is 0 Å². The van der Waals surface area contributed by atoms with Crippen LogP contribution in [0.1, 0.15) is 24.5 Å². The molecule has 0 radical (unpaired) electrons. The van der Waals surface area contributed by atoms with Crippen LogP contribution in [0.15, 0.2) is 53.4 Å². The lowest BCUT2D eigenvalue weighted by Gasteiger charge is -2.09. The highest BCUT2D eigenvalue weighted by Crippen LogP contribution is 2.29. The van der Waals surface area contributed by atoms with Crippen LogP contribution in [0.25, 0.3) is 0 Å². The Morgan fingerprint density at radius 3 is 2.11 bits per heavy atom. The van der Waals surface area contributed by atoms with Crippen LogP contribution in [0.2, 0.25) is 0 Å². The Morgan fingerprint density at radius 2 is 1.59 bits per heavy atom. The number of anilines is 1. The summed E-state index contributed by atoms with van der Waals surface area (Å²) < 4.78 is 63.6. The summed E-state index contributed by atoms with van der Waals surface area (Å²) in [4.78, 5) is 12.1. The smallest absolute Gasteiger partial charge is 0.326 e. The number of hydrogen-bond acceptors (Lipinski definition) is 3. The second-order valence-electron chi connectivity index (χ2n) is 5.77. The quantitative estimate of drug-likeness (QED) is 0.746. The van der Waals surface area contributed by atoms with Crippen LogP contribution in [0, 0.1) is 0 Å². The average molecular weight is 400 g/mol. The highest BCUT2D eigenvalue weighted by atomic mass is 32.2. The second-order valence-corrected chi connectivity index (χ2v) is 7.54. The van der Waals surface area contributed by atoms with Gasteiger partial charge < -0.3 is 5.32 Å². The summed E-state index contributed by atoms with van der Waals surface area (Å²) in [6.45, 7) is 1.97. The molecule has 0 aliphatic rings. The number of sulfonamides is 1. The molecule has 2 N–H and O–H groups in total. The van der Waals surface area contributed by atoms with Crippen molar-refractivity contribution in [3.05, 3.63) is 59.7 Å². The first kappa shape index (κ1) is 20.9. The van der Waals surface area contributed by atoms with Gasteiger partial charge in [-0.2, -0.15) is 13.2 Å². The van der Waals surface area contributed by atoms with E-state index < -0.39 is 21.8 Å². The first-order chi connectivity index (χ1) is 12.6. The maximum absolute atomic E-state index is 12.5. The summed E-state index contributed by atoms with van der Waals surface area (Å²) >= 11 is 0. The Hall–Kier alpha value is -2.39. The van der Waals surface area contributed by atoms with Gasteiger partial charge in [0, 0.05) is 18.7 Å². The van der Waals surface area contributed by atoms with Crippen LogP contribution in [0.5, 0.6) is 0 Å². The van der Waals surface area contributed by atoms with Gasteiger partial charge in [0.15, 0.2) is 0 Å². The molecular formula is C18H19F3N2O3S. The van der Waals surface area contributed by atoms with E-state index >= 15 is 0 Å². The van der Waals surface area contributed by atoms with E-state index in [-0.39, 0.29) is 29.5 Å². The van der Waals surface area contributed by atoms with E-state index in [1.807, 2.05) is 0 Å². The zero-order chi connectivity index (χ0) is 20.1. The van der Waals surface area contributed by atoms with Crippen molar-refractivity contribution >= 4 is 21.6 Å². The number of benzene rings is 2. The van der Waals surface area contributed by atoms with Crippen molar-refractivity contribution in [2.75, 3.05) is 11.9 Å². The van der Waals surface area contributed by atoms with E-state index in [0.717, 1.165) is 17.7 Å². The molecule has 0 aliphatic heterocycles. The van der Waals surface area contributed by atoms with E-state index in [2.05, 4.69) is 10.0 Å². The minimum atomic E-state index is -4.42. The molecule has 0 saturated heterocycles. The Labute approximate surface area is 155 Å². The molecule has 0 bridgehead atoms. The topological polar surface area (TPSA) is 75.3 Å². The third-order valence-electron chi connectivity index (χ3n) is 3.70. The van der Waals surface area contributed by atoms with Crippen LogP contribution in [-0.2, 0) is 27.4 Å². The van der Waals surface area contributed by atoms with Gasteiger partial charge in [0.05, 0.1) is 10.5 Å². The monoisotopic (exact) mass is 400 g/mol. The average Bonchev–Trinajstić information content (AvgIpc) is 2.60. The van der Waals surface area contributed by atoms with Gasteiger partial charge >= 0.3 is 6.18 Å². The van der Waals surface area contributed by atoms with Crippen molar-refractivity contribution in [3.8, 4) is 0 Å². The predicted octanol–water partition coefficient (Wildman–Crippen LogP) is 3.57. The van der Waals surface area contributed by atoms with Gasteiger partial charge in [-0.25, -0.2) is 13.1 Å². The Bertz CT molecular complexity index is 878. The molecule has 2 rings (SSSR count). The lowest BCUT2D eigenvalue weighted by molar-refractivity contribution is -0.137. The molecule has 9 heteroatoms. The zero-order valence-corrected chi connectivity index (χ0v) is 15.3. The number of aryl methyl sites for hydroxylation is 1. The van der Waals surface area contributed by atoms with Crippen molar-refractivity contribution in [2.24, 2.45) is 0 Å². The fourth-order valence-corrected chi connectivity index (χ4v) is 3.37. The lowest BCUT2D eigenvalue weighted by Crippen LogP contribution is -2.23. The number of nitrogens with one attached hydrogen (secondary N) is 2. The van der Waals surface area contributed by atoms with Crippen LogP contribution in [-0.4, -0.2) is 20.9 Å². The van der Waals surface area contributed by atoms with Gasteiger partial charge in [0.1, 0.15) is 0 Å². The molecule has 2 aromatic rings. The van der Waals surface area contributed by atoms with Gasteiger partial charge in [-0.3, -0.25) is 4.79 Å². The molecule has 5 nitrogen and oxygen atoms in total. The van der Waals surface area contributed by atoms with E-state index in [4.69, 9.17) is 0 Å².